The van der Waals surface area contributed by atoms with E-state index in [0.717, 1.165) is 5.56 Å². The first-order valence-electron chi connectivity index (χ1n) is 5.72. The van der Waals surface area contributed by atoms with Gasteiger partial charge < -0.3 is 10.1 Å². The van der Waals surface area contributed by atoms with Gasteiger partial charge in [-0.3, -0.25) is 4.79 Å². The summed E-state index contributed by atoms with van der Waals surface area (Å²) < 4.78 is 5.12. The van der Waals surface area contributed by atoms with Crippen LogP contribution in [-0.4, -0.2) is 18.0 Å². The molecule has 1 aromatic heterocycles. The van der Waals surface area contributed by atoms with Gasteiger partial charge >= 0.3 is 0 Å². The number of nitrogens with zero attached hydrogens (tertiary/aromatic N) is 1. The van der Waals surface area contributed by atoms with Crippen LogP contribution in [0.25, 0.3) is 0 Å². The Morgan fingerprint density at radius 1 is 1.32 bits per heavy atom. The van der Waals surface area contributed by atoms with E-state index in [2.05, 4.69) is 10.3 Å². The lowest BCUT2D eigenvalue weighted by molar-refractivity contribution is 0.0950. The summed E-state index contributed by atoms with van der Waals surface area (Å²) in [4.78, 5) is 16.0. The number of carbonyl (C=O) groups is 1. The molecule has 4 nitrogen and oxygen atoms in total. The number of nitrogens with one attached hydrogen (secondary N) is 1. The fourth-order valence-electron chi connectivity index (χ4n) is 1.62. The minimum absolute atomic E-state index is 0.164. The van der Waals surface area contributed by atoms with E-state index >= 15 is 0 Å². The zero-order valence-electron chi connectivity index (χ0n) is 10.4. The fourth-order valence-corrected chi connectivity index (χ4v) is 1.75. The van der Waals surface area contributed by atoms with Crippen LogP contribution >= 0.6 is 11.6 Å². The molecule has 5 heteroatoms. The zero-order chi connectivity index (χ0) is 13.7. The number of ether oxygens (including phenoxy) is 1. The summed E-state index contributed by atoms with van der Waals surface area (Å²) in [6.45, 7) is 0.360. The van der Waals surface area contributed by atoms with Crippen LogP contribution < -0.4 is 10.1 Å². The molecule has 0 bridgehead atoms. The van der Waals surface area contributed by atoms with E-state index in [9.17, 15) is 4.79 Å². The maximum Gasteiger partial charge on any atom is 0.251 e. The fraction of sp³-hybridized carbons (Fsp3) is 0.143. The third kappa shape index (κ3) is 3.45. The maximum absolute atomic E-state index is 11.9. The first kappa shape index (κ1) is 13.4. The molecular weight excluding hydrogens is 264 g/mol. The summed E-state index contributed by atoms with van der Waals surface area (Å²) in [5.74, 6) is 0.349. The van der Waals surface area contributed by atoms with Crippen LogP contribution in [0.2, 0.25) is 5.02 Å². The number of benzene rings is 1. The average molecular weight is 277 g/mol. The van der Waals surface area contributed by atoms with Gasteiger partial charge in [0.2, 0.25) is 5.88 Å². The lowest BCUT2D eigenvalue weighted by atomic mass is 10.2. The Morgan fingerprint density at radius 3 is 2.74 bits per heavy atom. The molecule has 0 fully saturated rings. The van der Waals surface area contributed by atoms with Crippen LogP contribution in [0.1, 0.15) is 15.9 Å². The zero-order valence-corrected chi connectivity index (χ0v) is 11.1. The summed E-state index contributed by atoms with van der Waals surface area (Å²) in [6, 6.07) is 10.4. The van der Waals surface area contributed by atoms with Crippen LogP contribution in [0.15, 0.2) is 42.6 Å². The topological polar surface area (TPSA) is 51.2 Å². The molecule has 2 aromatic rings. The highest BCUT2D eigenvalue weighted by molar-refractivity contribution is 6.30. The van der Waals surface area contributed by atoms with Crippen molar-refractivity contribution in [1.29, 1.82) is 0 Å². The molecule has 0 unspecified atom stereocenters. The second-order valence-electron chi connectivity index (χ2n) is 3.86. The molecular formula is C14H13ClN2O2. The largest absolute Gasteiger partial charge is 0.481 e. The van der Waals surface area contributed by atoms with Crippen molar-refractivity contribution < 1.29 is 9.53 Å². The molecule has 0 aliphatic rings. The van der Waals surface area contributed by atoms with E-state index in [1.165, 1.54) is 0 Å². The molecule has 2 rings (SSSR count). The van der Waals surface area contributed by atoms with E-state index in [1.807, 2.05) is 6.07 Å². The standard InChI is InChI=1S/C14H13ClN2O2/c1-19-14-11(3-2-8-16-14)9-17-13(18)10-4-6-12(15)7-5-10/h2-8H,9H2,1H3,(H,17,18). The predicted molar refractivity (Wildman–Crippen MR) is 73.4 cm³/mol. The number of methoxy groups -OCH3 is 1. The minimum atomic E-state index is -0.164. The molecule has 1 amide bonds. The number of amides is 1. The predicted octanol–water partition coefficient (Wildman–Crippen LogP) is 2.67. The molecule has 0 aliphatic heterocycles. The number of hydrogen-bond donors (Lipinski definition) is 1. The SMILES string of the molecule is COc1ncccc1CNC(=O)c1ccc(Cl)cc1. The van der Waals surface area contributed by atoms with Crippen molar-refractivity contribution in [2.75, 3.05) is 7.11 Å². The number of aromatic nitrogens is 1. The minimum Gasteiger partial charge on any atom is -0.481 e. The third-order valence-corrected chi connectivity index (χ3v) is 2.84. The molecule has 0 saturated heterocycles. The monoisotopic (exact) mass is 276 g/mol. The van der Waals surface area contributed by atoms with Gasteiger partial charge in [0.1, 0.15) is 0 Å². The lowest BCUT2D eigenvalue weighted by Crippen LogP contribution is -2.23. The summed E-state index contributed by atoms with van der Waals surface area (Å²) in [7, 11) is 1.55. The molecule has 1 aromatic carbocycles. The van der Waals surface area contributed by atoms with E-state index in [1.54, 1.807) is 43.6 Å². The van der Waals surface area contributed by atoms with E-state index in [-0.39, 0.29) is 5.91 Å². The van der Waals surface area contributed by atoms with Gasteiger partial charge in [-0.2, -0.15) is 0 Å². The number of hydrogen-bond acceptors (Lipinski definition) is 3. The van der Waals surface area contributed by atoms with Crippen molar-refractivity contribution in [3.63, 3.8) is 0 Å². The molecule has 98 valence electrons. The van der Waals surface area contributed by atoms with Crippen molar-refractivity contribution in [3.05, 3.63) is 58.7 Å². The van der Waals surface area contributed by atoms with Crippen LogP contribution in [0, 0.1) is 0 Å². The molecule has 0 radical (unpaired) electrons. The normalized spacial score (nSPS) is 10.0. The van der Waals surface area contributed by atoms with Crippen LogP contribution in [-0.2, 0) is 6.54 Å². The smallest absolute Gasteiger partial charge is 0.251 e. The third-order valence-electron chi connectivity index (χ3n) is 2.59. The van der Waals surface area contributed by atoms with Crippen molar-refractivity contribution in [2.45, 2.75) is 6.54 Å². The molecule has 1 heterocycles. The van der Waals surface area contributed by atoms with Crippen molar-refractivity contribution in [3.8, 4) is 5.88 Å². The number of carbonyl (C=O) groups excluding carboxylic acids is 1. The van der Waals surface area contributed by atoms with Gasteiger partial charge in [-0.1, -0.05) is 17.7 Å². The van der Waals surface area contributed by atoms with Crippen LogP contribution in [0.5, 0.6) is 5.88 Å². The summed E-state index contributed by atoms with van der Waals surface area (Å²) in [5, 5.41) is 3.41. The molecule has 0 atom stereocenters. The number of halogens is 1. The number of rotatable bonds is 4. The summed E-state index contributed by atoms with van der Waals surface area (Å²) >= 11 is 5.77. The summed E-state index contributed by atoms with van der Waals surface area (Å²) in [6.07, 6.45) is 1.64. The van der Waals surface area contributed by atoms with Crippen LogP contribution in [0.4, 0.5) is 0 Å². The van der Waals surface area contributed by atoms with E-state index in [4.69, 9.17) is 16.3 Å². The first-order chi connectivity index (χ1) is 9.20. The summed E-state index contributed by atoms with van der Waals surface area (Å²) in [5.41, 5.74) is 1.39. The molecule has 0 aliphatic carbocycles. The molecule has 19 heavy (non-hydrogen) atoms. The van der Waals surface area contributed by atoms with Crippen molar-refractivity contribution >= 4 is 17.5 Å². The Balaban J connectivity index is 2.02. The quantitative estimate of drug-likeness (QED) is 0.934. The maximum atomic E-state index is 11.9. The number of pyridine rings is 1. The Bertz CT molecular complexity index is 570. The van der Waals surface area contributed by atoms with Gasteiger partial charge in [-0.05, 0) is 30.3 Å². The molecule has 0 spiro atoms. The van der Waals surface area contributed by atoms with Gasteiger partial charge in [0.25, 0.3) is 5.91 Å². The Labute approximate surface area is 116 Å². The highest BCUT2D eigenvalue weighted by Crippen LogP contribution is 2.13. The van der Waals surface area contributed by atoms with E-state index < -0.39 is 0 Å². The van der Waals surface area contributed by atoms with E-state index in [0.29, 0.717) is 23.0 Å². The molecule has 0 saturated carbocycles. The van der Waals surface area contributed by atoms with Crippen molar-refractivity contribution in [1.82, 2.24) is 10.3 Å². The van der Waals surface area contributed by atoms with Gasteiger partial charge in [-0.25, -0.2) is 4.98 Å². The van der Waals surface area contributed by atoms with Gasteiger partial charge in [0.15, 0.2) is 0 Å². The highest BCUT2D eigenvalue weighted by Gasteiger charge is 2.07. The van der Waals surface area contributed by atoms with Gasteiger partial charge in [0, 0.05) is 28.9 Å². The average Bonchev–Trinajstić information content (AvgIpc) is 2.45. The molecule has 1 N–H and O–H groups in total. The Hall–Kier alpha value is -2.07. The lowest BCUT2D eigenvalue weighted by Gasteiger charge is -2.08. The second-order valence-corrected chi connectivity index (χ2v) is 4.30. The Morgan fingerprint density at radius 2 is 2.05 bits per heavy atom. The second kappa shape index (κ2) is 6.20. The van der Waals surface area contributed by atoms with Gasteiger partial charge in [-0.15, -0.1) is 0 Å². The van der Waals surface area contributed by atoms with Crippen molar-refractivity contribution in [2.24, 2.45) is 0 Å². The van der Waals surface area contributed by atoms with Gasteiger partial charge in [0.05, 0.1) is 7.11 Å². The first-order valence-corrected chi connectivity index (χ1v) is 6.10. The van der Waals surface area contributed by atoms with Crippen LogP contribution in [0.3, 0.4) is 0 Å². The highest BCUT2D eigenvalue weighted by atomic mass is 35.5. The Kier molecular flexibility index (Phi) is 4.36.